The number of benzene rings is 1. The van der Waals surface area contributed by atoms with Gasteiger partial charge in [0.1, 0.15) is 12.0 Å². The number of aromatic nitrogens is 2. The molecule has 22 heavy (non-hydrogen) atoms. The second kappa shape index (κ2) is 7.40. The van der Waals surface area contributed by atoms with Crippen LogP contribution in [-0.4, -0.2) is 29.7 Å². The third-order valence-corrected chi connectivity index (χ3v) is 3.30. The Morgan fingerprint density at radius 2 is 2.23 bits per heavy atom. The van der Waals surface area contributed by atoms with Crippen molar-refractivity contribution in [3.63, 3.8) is 0 Å². The van der Waals surface area contributed by atoms with Crippen LogP contribution in [0.15, 0.2) is 36.8 Å². The summed E-state index contributed by atoms with van der Waals surface area (Å²) in [5, 5.41) is 5.52. The van der Waals surface area contributed by atoms with E-state index in [2.05, 4.69) is 52.6 Å². The number of hydrogen-bond acceptors (Lipinski definition) is 4. The first-order valence-corrected chi connectivity index (χ1v) is 7.05. The van der Waals surface area contributed by atoms with Crippen LogP contribution < -0.4 is 15.4 Å². The molecule has 0 aliphatic heterocycles. The second-order valence-electron chi connectivity index (χ2n) is 5.10. The summed E-state index contributed by atoms with van der Waals surface area (Å²) in [7, 11) is 1.49. The zero-order valence-corrected chi connectivity index (χ0v) is 13.0. The van der Waals surface area contributed by atoms with Crippen molar-refractivity contribution < 1.29 is 9.53 Å². The molecule has 0 aliphatic carbocycles. The van der Waals surface area contributed by atoms with E-state index in [0.29, 0.717) is 18.1 Å². The fourth-order valence-electron chi connectivity index (χ4n) is 2.07. The molecule has 1 aromatic heterocycles. The van der Waals surface area contributed by atoms with Crippen LogP contribution in [0, 0.1) is 6.92 Å². The molecule has 0 radical (unpaired) electrons. The smallest absolute Gasteiger partial charge is 0.319 e. The zero-order valence-electron chi connectivity index (χ0n) is 13.0. The number of methoxy groups -OCH3 is 1. The molecular formula is C16H20N4O2. The maximum Gasteiger partial charge on any atom is 0.319 e. The summed E-state index contributed by atoms with van der Waals surface area (Å²) in [4.78, 5) is 19.7. The van der Waals surface area contributed by atoms with Gasteiger partial charge in [-0.3, -0.25) is 0 Å². The molecule has 2 N–H and O–H groups in total. The van der Waals surface area contributed by atoms with Gasteiger partial charge >= 0.3 is 6.03 Å². The maximum absolute atomic E-state index is 11.9. The third kappa shape index (κ3) is 4.18. The number of urea groups is 1. The number of anilines is 1. The summed E-state index contributed by atoms with van der Waals surface area (Å²) in [6.45, 7) is 4.66. The molecule has 0 saturated carbocycles. The molecule has 2 amide bonds. The minimum absolute atomic E-state index is 0.222. The van der Waals surface area contributed by atoms with Gasteiger partial charge in [0.2, 0.25) is 5.88 Å². The van der Waals surface area contributed by atoms with Crippen molar-refractivity contribution in [2.45, 2.75) is 19.8 Å². The minimum Gasteiger partial charge on any atom is -0.479 e. The van der Waals surface area contributed by atoms with E-state index in [1.54, 1.807) is 0 Å². The quantitative estimate of drug-likeness (QED) is 0.890. The Morgan fingerprint density at radius 3 is 2.95 bits per heavy atom. The van der Waals surface area contributed by atoms with Crippen LogP contribution in [0.1, 0.15) is 24.0 Å². The number of nitrogens with zero attached hydrogens (tertiary/aromatic N) is 2. The van der Waals surface area contributed by atoms with Crippen LogP contribution in [0.2, 0.25) is 0 Å². The molecule has 1 atom stereocenters. The Balaban J connectivity index is 1.90. The molecule has 2 aromatic rings. The highest BCUT2D eigenvalue weighted by Gasteiger charge is 2.10. The van der Waals surface area contributed by atoms with Gasteiger partial charge in [-0.2, -0.15) is 4.98 Å². The molecular weight excluding hydrogens is 280 g/mol. The SMILES string of the molecule is COc1ncncc1NC(=O)NCC(C)c1cccc(C)c1. The molecule has 0 aliphatic rings. The highest BCUT2D eigenvalue weighted by molar-refractivity contribution is 5.90. The van der Waals surface area contributed by atoms with Crippen molar-refractivity contribution in [1.82, 2.24) is 15.3 Å². The molecule has 2 rings (SSSR count). The first kappa shape index (κ1) is 15.8. The average molecular weight is 300 g/mol. The minimum atomic E-state index is -0.312. The average Bonchev–Trinajstić information content (AvgIpc) is 2.53. The molecule has 6 nitrogen and oxygen atoms in total. The lowest BCUT2D eigenvalue weighted by atomic mass is 9.99. The fourth-order valence-corrected chi connectivity index (χ4v) is 2.07. The van der Waals surface area contributed by atoms with E-state index in [1.165, 1.54) is 30.8 Å². The number of amides is 2. The largest absolute Gasteiger partial charge is 0.479 e. The third-order valence-electron chi connectivity index (χ3n) is 3.30. The Morgan fingerprint density at radius 1 is 1.41 bits per heavy atom. The predicted molar refractivity (Wildman–Crippen MR) is 85.2 cm³/mol. The monoisotopic (exact) mass is 300 g/mol. The lowest BCUT2D eigenvalue weighted by molar-refractivity contribution is 0.251. The van der Waals surface area contributed by atoms with Crippen LogP contribution in [0.4, 0.5) is 10.5 Å². The van der Waals surface area contributed by atoms with Crippen LogP contribution in [0.5, 0.6) is 5.88 Å². The molecule has 0 fully saturated rings. The number of nitrogens with one attached hydrogen (secondary N) is 2. The normalized spacial score (nSPS) is 11.6. The maximum atomic E-state index is 11.9. The highest BCUT2D eigenvalue weighted by atomic mass is 16.5. The van der Waals surface area contributed by atoms with Gasteiger partial charge < -0.3 is 15.4 Å². The van der Waals surface area contributed by atoms with E-state index in [0.717, 1.165) is 0 Å². The fraction of sp³-hybridized carbons (Fsp3) is 0.312. The molecule has 116 valence electrons. The van der Waals surface area contributed by atoms with E-state index < -0.39 is 0 Å². The molecule has 1 unspecified atom stereocenters. The molecule has 6 heteroatoms. The summed E-state index contributed by atoms with van der Waals surface area (Å²) < 4.78 is 5.06. The van der Waals surface area contributed by atoms with E-state index in [4.69, 9.17) is 4.74 Å². The van der Waals surface area contributed by atoms with Gasteiger partial charge in [0.15, 0.2) is 0 Å². The molecule has 0 bridgehead atoms. The van der Waals surface area contributed by atoms with Gasteiger partial charge in [-0.05, 0) is 18.4 Å². The van der Waals surface area contributed by atoms with Gasteiger partial charge in [-0.1, -0.05) is 36.8 Å². The number of ether oxygens (including phenoxy) is 1. The van der Waals surface area contributed by atoms with E-state index in [1.807, 2.05) is 6.07 Å². The van der Waals surface area contributed by atoms with Crippen LogP contribution in [-0.2, 0) is 0 Å². The van der Waals surface area contributed by atoms with Crippen LogP contribution in [0.3, 0.4) is 0 Å². The van der Waals surface area contributed by atoms with Gasteiger partial charge in [-0.15, -0.1) is 0 Å². The standard InChI is InChI=1S/C16H20N4O2/c1-11-5-4-6-13(7-11)12(2)8-18-16(21)20-14-9-17-10-19-15(14)22-3/h4-7,9-10,12H,8H2,1-3H3,(H2,18,20,21). The van der Waals surface area contributed by atoms with Gasteiger partial charge in [-0.25, -0.2) is 9.78 Å². The Kier molecular flexibility index (Phi) is 5.30. The van der Waals surface area contributed by atoms with Crippen molar-refractivity contribution >= 4 is 11.7 Å². The highest BCUT2D eigenvalue weighted by Crippen LogP contribution is 2.18. The number of rotatable bonds is 5. The number of carbonyl (C=O) groups is 1. The summed E-state index contributed by atoms with van der Waals surface area (Å²) in [5.41, 5.74) is 2.84. The number of hydrogen-bond donors (Lipinski definition) is 2. The van der Waals surface area contributed by atoms with Crippen molar-refractivity contribution in [3.8, 4) is 5.88 Å². The lowest BCUT2D eigenvalue weighted by Crippen LogP contribution is -2.32. The topological polar surface area (TPSA) is 76.1 Å². The van der Waals surface area contributed by atoms with Gasteiger partial charge in [0, 0.05) is 6.54 Å². The Bertz CT molecular complexity index is 646. The molecule has 1 heterocycles. The molecule has 0 spiro atoms. The Labute approximate surface area is 129 Å². The van der Waals surface area contributed by atoms with E-state index >= 15 is 0 Å². The molecule has 1 aromatic carbocycles. The predicted octanol–water partition coefficient (Wildman–Crippen LogP) is 2.72. The second-order valence-corrected chi connectivity index (χ2v) is 5.10. The summed E-state index contributed by atoms with van der Waals surface area (Å²) in [5.74, 6) is 0.552. The summed E-state index contributed by atoms with van der Waals surface area (Å²) in [6, 6.07) is 7.95. The van der Waals surface area contributed by atoms with Crippen LogP contribution in [0.25, 0.3) is 0 Å². The summed E-state index contributed by atoms with van der Waals surface area (Å²) >= 11 is 0. The van der Waals surface area contributed by atoms with Crippen molar-refractivity contribution in [2.24, 2.45) is 0 Å². The number of carbonyl (C=O) groups excluding carboxylic acids is 1. The van der Waals surface area contributed by atoms with Crippen molar-refractivity contribution in [2.75, 3.05) is 19.0 Å². The van der Waals surface area contributed by atoms with Crippen LogP contribution >= 0.6 is 0 Å². The van der Waals surface area contributed by atoms with Crippen molar-refractivity contribution in [3.05, 3.63) is 47.9 Å². The Hall–Kier alpha value is -2.63. The van der Waals surface area contributed by atoms with E-state index in [9.17, 15) is 4.79 Å². The van der Waals surface area contributed by atoms with Gasteiger partial charge in [0.05, 0.1) is 13.3 Å². The first-order chi connectivity index (χ1) is 10.6. The lowest BCUT2D eigenvalue weighted by Gasteiger charge is -2.14. The zero-order chi connectivity index (χ0) is 15.9. The van der Waals surface area contributed by atoms with Gasteiger partial charge in [0.25, 0.3) is 0 Å². The van der Waals surface area contributed by atoms with E-state index in [-0.39, 0.29) is 11.9 Å². The van der Waals surface area contributed by atoms with Crippen molar-refractivity contribution in [1.29, 1.82) is 0 Å². The summed E-state index contributed by atoms with van der Waals surface area (Å²) in [6.07, 6.45) is 2.86. The molecule has 0 saturated heterocycles. The first-order valence-electron chi connectivity index (χ1n) is 7.05. The number of aryl methyl sites for hydroxylation is 1.